The van der Waals surface area contributed by atoms with Gasteiger partial charge in [0.25, 0.3) is 0 Å². The second-order valence-electron chi connectivity index (χ2n) is 3.70. The van der Waals surface area contributed by atoms with Crippen molar-refractivity contribution in [2.75, 3.05) is 7.05 Å². The van der Waals surface area contributed by atoms with Gasteiger partial charge in [0.1, 0.15) is 5.82 Å². The number of nitrogens with one attached hydrogen (secondary N) is 1. The molecule has 0 aliphatic carbocycles. The average Bonchev–Trinajstić information content (AvgIpc) is 2.28. The lowest BCUT2D eigenvalue weighted by Gasteiger charge is -2.19. The van der Waals surface area contributed by atoms with Gasteiger partial charge in [-0.3, -0.25) is 0 Å². The molecular formula is C13H13F4N. The van der Waals surface area contributed by atoms with E-state index in [0.717, 1.165) is 18.2 Å². The molecule has 18 heavy (non-hydrogen) atoms. The van der Waals surface area contributed by atoms with Gasteiger partial charge in [0.15, 0.2) is 0 Å². The van der Waals surface area contributed by atoms with E-state index in [1.807, 2.05) is 0 Å². The van der Waals surface area contributed by atoms with Crippen LogP contribution in [0, 0.1) is 17.7 Å². The molecule has 0 spiro atoms. The normalized spacial score (nSPS) is 12.8. The van der Waals surface area contributed by atoms with Gasteiger partial charge in [0, 0.05) is 12.5 Å². The Labute approximate surface area is 103 Å². The Balaban J connectivity index is 3.25. The zero-order valence-electron chi connectivity index (χ0n) is 10.0. The minimum Gasteiger partial charge on any atom is -0.312 e. The molecule has 0 fully saturated rings. The number of rotatable bonds is 3. The first-order chi connectivity index (χ1) is 8.40. The first-order valence-electron chi connectivity index (χ1n) is 5.33. The fourth-order valence-corrected chi connectivity index (χ4v) is 1.65. The molecule has 0 saturated carbocycles. The highest BCUT2D eigenvalue weighted by Crippen LogP contribution is 2.35. The molecule has 1 rings (SSSR count). The third-order valence-corrected chi connectivity index (χ3v) is 2.53. The van der Waals surface area contributed by atoms with Gasteiger partial charge in [-0.2, -0.15) is 13.2 Å². The summed E-state index contributed by atoms with van der Waals surface area (Å²) in [4.78, 5) is 0. The molecule has 0 amide bonds. The Morgan fingerprint density at radius 3 is 2.50 bits per heavy atom. The molecule has 0 radical (unpaired) electrons. The van der Waals surface area contributed by atoms with E-state index >= 15 is 0 Å². The van der Waals surface area contributed by atoms with Crippen molar-refractivity contribution in [2.24, 2.45) is 0 Å². The second-order valence-corrected chi connectivity index (χ2v) is 3.70. The van der Waals surface area contributed by atoms with E-state index in [2.05, 4.69) is 17.2 Å². The van der Waals surface area contributed by atoms with E-state index < -0.39 is 23.6 Å². The number of benzene rings is 1. The summed E-state index contributed by atoms with van der Waals surface area (Å²) >= 11 is 0. The molecule has 1 aromatic rings. The lowest BCUT2D eigenvalue weighted by molar-refractivity contribution is -0.138. The zero-order valence-corrected chi connectivity index (χ0v) is 10.0. The molecule has 1 nitrogen and oxygen atoms in total. The quantitative estimate of drug-likeness (QED) is 0.647. The van der Waals surface area contributed by atoms with Crippen LogP contribution in [0.4, 0.5) is 17.6 Å². The molecule has 1 unspecified atom stereocenters. The van der Waals surface area contributed by atoms with Crippen LogP contribution in [0.1, 0.15) is 30.5 Å². The van der Waals surface area contributed by atoms with Crippen molar-refractivity contribution in [2.45, 2.75) is 25.6 Å². The highest BCUT2D eigenvalue weighted by atomic mass is 19.4. The minimum absolute atomic E-state index is 0.118. The van der Waals surface area contributed by atoms with Crippen molar-refractivity contribution >= 4 is 0 Å². The highest BCUT2D eigenvalue weighted by Gasteiger charge is 2.35. The summed E-state index contributed by atoms with van der Waals surface area (Å²) in [5.74, 6) is 4.61. The van der Waals surface area contributed by atoms with E-state index in [1.54, 1.807) is 6.92 Å². The van der Waals surface area contributed by atoms with Crippen molar-refractivity contribution in [3.63, 3.8) is 0 Å². The Bertz CT molecular complexity index is 468. The SMILES string of the molecule is CC#CCC(NC)c1cc(F)ccc1C(F)(F)F. The summed E-state index contributed by atoms with van der Waals surface area (Å²) in [5, 5.41) is 2.72. The maximum Gasteiger partial charge on any atom is 0.416 e. The van der Waals surface area contributed by atoms with Crippen molar-refractivity contribution < 1.29 is 17.6 Å². The summed E-state index contributed by atoms with van der Waals surface area (Å²) in [7, 11) is 1.52. The third kappa shape index (κ3) is 3.47. The fraction of sp³-hybridized carbons (Fsp3) is 0.385. The number of hydrogen-bond acceptors (Lipinski definition) is 1. The average molecular weight is 259 g/mol. The van der Waals surface area contributed by atoms with Crippen LogP contribution in [0.25, 0.3) is 0 Å². The molecule has 0 heterocycles. The lowest BCUT2D eigenvalue weighted by Crippen LogP contribution is -2.21. The van der Waals surface area contributed by atoms with Gasteiger partial charge in [0.2, 0.25) is 0 Å². The van der Waals surface area contributed by atoms with E-state index in [1.165, 1.54) is 7.05 Å². The van der Waals surface area contributed by atoms with Crippen LogP contribution in [0.3, 0.4) is 0 Å². The van der Waals surface area contributed by atoms with E-state index in [4.69, 9.17) is 0 Å². The monoisotopic (exact) mass is 259 g/mol. The summed E-state index contributed by atoms with van der Waals surface area (Å²) in [6.07, 6.45) is -4.31. The molecule has 0 bridgehead atoms. The van der Waals surface area contributed by atoms with Crippen molar-refractivity contribution in [1.29, 1.82) is 0 Å². The van der Waals surface area contributed by atoms with Crippen LogP contribution < -0.4 is 5.32 Å². The largest absolute Gasteiger partial charge is 0.416 e. The molecule has 1 atom stereocenters. The number of hydrogen-bond donors (Lipinski definition) is 1. The van der Waals surface area contributed by atoms with Crippen LogP contribution in [0.15, 0.2) is 18.2 Å². The van der Waals surface area contributed by atoms with Gasteiger partial charge in [-0.05, 0) is 37.7 Å². The summed E-state index contributed by atoms with van der Waals surface area (Å²) < 4.78 is 51.6. The Morgan fingerprint density at radius 2 is 2.00 bits per heavy atom. The third-order valence-electron chi connectivity index (χ3n) is 2.53. The van der Waals surface area contributed by atoms with E-state index in [0.29, 0.717) is 0 Å². The maximum absolute atomic E-state index is 13.1. The molecule has 1 N–H and O–H groups in total. The number of alkyl halides is 3. The van der Waals surface area contributed by atoms with Crippen LogP contribution >= 0.6 is 0 Å². The Morgan fingerprint density at radius 1 is 1.33 bits per heavy atom. The fourth-order valence-electron chi connectivity index (χ4n) is 1.65. The van der Waals surface area contributed by atoms with Crippen LogP contribution in [-0.4, -0.2) is 7.05 Å². The van der Waals surface area contributed by atoms with E-state index in [9.17, 15) is 17.6 Å². The topological polar surface area (TPSA) is 12.0 Å². The number of halogens is 4. The van der Waals surface area contributed by atoms with Crippen molar-refractivity contribution in [1.82, 2.24) is 5.32 Å². The predicted molar refractivity (Wildman–Crippen MR) is 61.3 cm³/mol. The summed E-state index contributed by atoms with van der Waals surface area (Å²) in [5.41, 5.74) is -0.950. The first kappa shape index (κ1) is 14.5. The van der Waals surface area contributed by atoms with Crippen molar-refractivity contribution in [3.8, 4) is 11.8 Å². The molecule has 1 aromatic carbocycles. The molecule has 0 aliphatic rings. The molecule has 0 aliphatic heterocycles. The van der Waals surface area contributed by atoms with Crippen LogP contribution in [0.2, 0.25) is 0 Å². The maximum atomic E-state index is 13.1. The van der Waals surface area contributed by atoms with Gasteiger partial charge in [-0.25, -0.2) is 4.39 Å². The van der Waals surface area contributed by atoms with Gasteiger partial charge in [-0.15, -0.1) is 11.8 Å². The second kappa shape index (κ2) is 5.87. The van der Waals surface area contributed by atoms with Gasteiger partial charge < -0.3 is 5.32 Å². The predicted octanol–water partition coefficient (Wildman–Crippen LogP) is 3.52. The minimum atomic E-state index is -4.50. The van der Waals surface area contributed by atoms with Crippen LogP contribution in [0.5, 0.6) is 0 Å². The molecule has 5 heteroatoms. The molecule has 0 saturated heterocycles. The summed E-state index contributed by atoms with van der Waals surface area (Å²) in [6.45, 7) is 1.60. The molecular weight excluding hydrogens is 246 g/mol. The Hall–Kier alpha value is -1.54. The molecule has 98 valence electrons. The van der Waals surface area contributed by atoms with Gasteiger partial charge >= 0.3 is 6.18 Å². The first-order valence-corrected chi connectivity index (χ1v) is 5.33. The highest BCUT2D eigenvalue weighted by molar-refractivity contribution is 5.34. The van der Waals surface area contributed by atoms with Crippen molar-refractivity contribution in [3.05, 3.63) is 35.1 Å². The smallest absolute Gasteiger partial charge is 0.312 e. The molecule has 0 aromatic heterocycles. The van der Waals surface area contributed by atoms with Gasteiger partial charge in [-0.1, -0.05) is 0 Å². The zero-order chi connectivity index (χ0) is 13.8. The van der Waals surface area contributed by atoms with Crippen LogP contribution in [-0.2, 0) is 6.18 Å². The van der Waals surface area contributed by atoms with Gasteiger partial charge in [0.05, 0.1) is 5.56 Å². The van der Waals surface area contributed by atoms with E-state index in [-0.39, 0.29) is 12.0 Å². The summed E-state index contributed by atoms with van der Waals surface area (Å²) in [6, 6.07) is 1.82. The standard InChI is InChI=1S/C13H13F4N/c1-3-4-5-12(18-2)10-8-9(14)6-7-11(10)13(15,16)17/h6-8,12,18H,5H2,1-2H3. The lowest BCUT2D eigenvalue weighted by atomic mass is 9.97. The Kier molecular flexibility index (Phi) is 4.74.